The van der Waals surface area contributed by atoms with E-state index in [0.29, 0.717) is 18.3 Å². The molecule has 1 aliphatic heterocycles. The number of nitrogens with one attached hydrogen (secondary N) is 2. The normalized spacial score (nSPS) is 12.7. The Kier molecular flexibility index (Phi) is 6.91. The van der Waals surface area contributed by atoms with Gasteiger partial charge in [-0.25, -0.2) is 4.79 Å². The van der Waals surface area contributed by atoms with Gasteiger partial charge in [0.2, 0.25) is 5.89 Å². The molecule has 0 spiro atoms. The van der Waals surface area contributed by atoms with Crippen molar-refractivity contribution in [2.45, 2.75) is 32.9 Å². The molecule has 2 amide bonds. The summed E-state index contributed by atoms with van der Waals surface area (Å²) in [5, 5.41) is 9.89. The van der Waals surface area contributed by atoms with Crippen LogP contribution in [-0.4, -0.2) is 22.7 Å². The van der Waals surface area contributed by atoms with Crippen molar-refractivity contribution in [1.82, 2.24) is 10.1 Å². The molecule has 0 unspecified atom stereocenters. The fourth-order valence-electron chi connectivity index (χ4n) is 3.61. The van der Waals surface area contributed by atoms with Crippen molar-refractivity contribution in [1.29, 1.82) is 0 Å². The molecule has 9 heteroatoms. The third-order valence-corrected chi connectivity index (χ3v) is 4.85. The first-order chi connectivity index (χ1) is 14.1. The van der Waals surface area contributed by atoms with Crippen LogP contribution in [0.25, 0.3) is 0 Å². The minimum absolute atomic E-state index is 0. The molecule has 4 N–H and O–H groups in total. The van der Waals surface area contributed by atoms with Gasteiger partial charge >= 0.3 is 6.03 Å². The predicted octanol–water partition coefficient (Wildman–Crippen LogP) is 3.86. The molecule has 2 heterocycles. The van der Waals surface area contributed by atoms with Crippen molar-refractivity contribution in [2.24, 2.45) is 5.73 Å². The molecule has 0 fully saturated rings. The Morgan fingerprint density at radius 2 is 2.07 bits per heavy atom. The van der Waals surface area contributed by atoms with Gasteiger partial charge in [-0.05, 0) is 49.1 Å². The van der Waals surface area contributed by atoms with Crippen molar-refractivity contribution in [3.8, 4) is 0 Å². The van der Waals surface area contributed by atoms with Gasteiger partial charge in [0.1, 0.15) is 0 Å². The molecule has 0 atom stereocenters. The lowest BCUT2D eigenvalue weighted by Crippen LogP contribution is -2.31. The van der Waals surface area contributed by atoms with E-state index in [2.05, 4.69) is 31.7 Å². The zero-order valence-electron chi connectivity index (χ0n) is 16.7. The molecule has 0 bridgehead atoms. The van der Waals surface area contributed by atoms with E-state index in [1.807, 2.05) is 43.3 Å². The van der Waals surface area contributed by atoms with Crippen molar-refractivity contribution in [2.75, 3.05) is 22.1 Å². The van der Waals surface area contributed by atoms with Crippen molar-refractivity contribution < 1.29 is 9.32 Å². The van der Waals surface area contributed by atoms with Crippen LogP contribution in [0.2, 0.25) is 0 Å². The Labute approximate surface area is 181 Å². The lowest BCUT2D eigenvalue weighted by atomic mass is 10.00. The number of rotatable bonds is 5. The second-order valence-electron chi connectivity index (χ2n) is 7.10. The Balaban J connectivity index is 0.00000256. The second kappa shape index (κ2) is 9.60. The number of carbonyl (C=O) groups excluding carboxylic acids is 1. The molecule has 4 rings (SSSR count). The van der Waals surface area contributed by atoms with Crippen LogP contribution in [0.1, 0.15) is 29.3 Å². The molecule has 158 valence electrons. The highest BCUT2D eigenvalue weighted by molar-refractivity contribution is 6.02. The van der Waals surface area contributed by atoms with E-state index in [1.54, 1.807) is 0 Å². The Bertz CT molecular complexity index is 1020. The average Bonchev–Trinajstić information content (AvgIpc) is 3.16. The van der Waals surface area contributed by atoms with Gasteiger partial charge in [0.25, 0.3) is 0 Å². The molecule has 0 saturated carbocycles. The van der Waals surface area contributed by atoms with E-state index < -0.39 is 0 Å². The SMILES string of the molecule is Cc1cccc(NC(=O)Nc2cccc3c2N(Cc2noc(CN)n2)CCC3)c1.Cl. The summed E-state index contributed by atoms with van der Waals surface area (Å²) in [6.45, 7) is 3.55. The Morgan fingerprint density at radius 1 is 1.23 bits per heavy atom. The number of aromatic nitrogens is 2. The van der Waals surface area contributed by atoms with Gasteiger partial charge in [-0.2, -0.15) is 4.98 Å². The van der Waals surface area contributed by atoms with E-state index in [4.69, 9.17) is 10.3 Å². The van der Waals surface area contributed by atoms with Crippen LogP contribution in [0, 0.1) is 6.92 Å². The van der Waals surface area contributed by atoms with Gasteiger partial charge in [-0.3, -0.25) is 0 Å². The number of hydrogen-bond donors (Lipinski definition) is 3. The summed E-state index contributed by atoms with van der Waals surface area (Å²) in [6.07, 6.45) is 1.98. The Morgan fingerprint density at radius 3 is 2.83 bits per heavy atom. The largest absolute Gasteiger partial charge is 0.362 e. The monoisotopic (exact) mass is 428 g/mol. The second-order valence-corrected chi connectivity index (χ2v) is 7.10. The first-order valence-corrected chi connectivity index (χ1v) is 9.65. The number of amides is 2. The van der Waals surface area contributed by atoms with Gasteiger partial charge in [-0.1, -0.05) is 29.4 Å². The number of para-hydroxylation sites is 1. The Hall–Kier alpha value is -3.10. The summed E-state index contributed by atoms with van der Waals surface area (Å²) in [5.74, 6) is 0.999. The number of carbonyl (C=O) groups is 1. The van der Waals surface area contributed by atoms with Crippen molar-refractivity contribution >= 4 is 35.5 Å². The number of aryl methyl sites for hydroxylation is 2. The molecule has 30 heavy (non-hydrogen) atoms. The quantitative estimate of drug-likeness (QED) is 0.569. The number of urea groups is 1. The third kappa shape index (κ3) is 4.90. The van der Waals surface area contributed by atoms with Gasteiger partial charge in [0, 0.05) is 12.2 Å². The zero-order valence-corrected chi connectivity index (χ0v) is 17.5. The lowest BCUT2D eigenvalue weighted by Gasteiger charge is -2.32. The fraction of sp³-hybridized carbons (Fsp3) is 0.286. The van der Waals surface area contributed by atoms with Crippen LogP contribution in [0.5, 0.6) is 0 Å². The molecule has 1 aliphatic rings. The first-order valence-electron chi connectivity index (χ1n) is 9.65. The maximum atomic E-state index is 12.6. The van der Waals surface area contributed by atoms with Crippen molar-refractivity contribution in [3.63, 3.8) is 0 Å². The highest BCUT2D eigenvalue weighted by Gasteiger charge is 2.23. The first kappa shape index (κ1) is 21.6. The predicted molar refractivity (Wildman–Crippen MR) is 119 cm³/mol. The standard InChI is InChI=1S/C21H24N6O2.ClH/c1-14-5-2-8-16(11-14)23-21(28)24-17-9-3-6-15-7-4-10-27(20(15)17)13-18-25-19(12-22)29-26-18;/h2-3,5-6,8-9,11H,4,7,10,12-13,22H2,1H3,(H2,23,24,28);1H. The molecule has 1 aromatic heterocycles. The van der Waals surface area contributed by atoms with Gasteiger partial charge in [-0.15, -0.1) is 12.4 Å². The van der Waals surface area contributed by atoms with Crippen LogP contribution < -0.4 is 21.3 Å². The highest BCUT2D eigenvalue weighted by Crippen LogP contribution is 2.35. The molecule has 8 nitrogen and oxygen atoms in total. The minimum Gasteiger partial charge on any atom is -0.362 e. The van der Waals surface area contributed by atoms with Crippen LogP contribution in [0.4, 0.5) is 21.9 Å². The summed E-state index contributed by atoms with van der Waals surface area (Å²) < 4.78 is 5.12. The van der Waals surface area contributed by atoms with Crippen molar-refractivity contribution in [3.05, 3.63) is 65.3 Å². The molecular formula is C21H25ClN6O2. The van der Waals surface area contributed by atoms with E-state index in [0.717, 1.165) is 42.0 Å². The van der Waals surface area contributed by atoms with E-state index in [-0.39, 0.29) is 25.0 Å². The summed E-state index contributed by atoms with van der Waals surface area (Å²) in [5.41, 5.74) is 10.3. The van der Waals surface area contributed by atoms with Gasteiger partial charge in [0.05, 0.1) is 24.5 Å². The van der Waals surface area contributed by atoms with Gasteiger partial charge < -0.3 is 25.8 Å². The summed E-state index contributed by atoms with van der Waals surface area (Å²) >= 11 is 0. The molecule has 2 aromatic carbocycles. The fourth-order valence-corrected chi connectivity index (χ4v) is 3.61. The smallest absolute Gasteiger partial charge is 0.323 e. The van der Waals surface area contributed by atoms with E-state index in [9.17, 15) is 4.79 Å². The number of benzene rings is 2. The number of nitrogens with two attached hydrogens (primary N) is 1. The molecule has 3 aromatic rings. The van der Waals surface area contributed by atoms with Crippen LogP contribution in [0.3, 0.4) is 0 Å². The van der Waals surface area contributed by atoms with E-state index in [1.165, 1.54) is 5.56 Å². The maximum absolute atomic E-state index is 12.6. The minimum atomic E-state index is -0.278. The number of hydrogen-bond acceptors (Lipinski definition) is 6. The van der Waals surface area contributed by atoms with Gasteiger partial charge in [0.15, 0.2) is 5.82 Å². The highest BCUT2D eigenvalue weighted by atomic mass is 35.5. The summed E-state index contributed by atoms with van der Waals surface area (Å²) in [7, 11) is 0. The molecular weight excluding hydrogens is 404 g/mol. The average molecular weight is 429 g/mol. The molecule has 0 radical (unpaired) electrons. The number of fused-ring (bicyclic) bond motifs is 1. The summed E-state index contributed by atoms with van der Waals surface area (Å²) in [6, 6.07) is 13.4. The van der Waals surface area contributed by atoms with Crippen LogP contribution in [0.15, 0.2) is 47.0 Å². The van der Waals surface area contributed by atoms with Crippen LogP contribution in [-0.2, 0) is 19.5 Å². The topological polar surface area (TPSA) is 109 Å². The summed E-state index contributed by atoms with van der Waals surface area (Å²) in [4.78, 5) is 19.1. The molecule has 0 saturated heterocycles. The lowest BCUT2D eigenvalue weighted by molar-refractivity contribution is 0.262. The number of halogens is 1. The third-order valence-electron chi connectivity index (χ3n) is 4.85. The molecule has 0 aliphatic carbocycles. The zero-order chi connectivity index (χ0) is 20.2. The maximum Gasteiger partial charge on any atom is 0.323 e. The number of anilines is 3. The van der Waals surface area contributed by atoms with E-state index >= 15 is 0 Å². The van der Waals surface area contributed by atoms with Crippen LogP contribution >= 0.6 is 12.4 Å². The number of nitrogens with zero attached hydrogens (tertiary/aromatic N) is 3.